The molecule has 1 aromatic rings. The Kier molecular flexibility index (Phi) is 13.6. The minimum absolute atomic E-state index is 0.150. The van der Waals surface area contributed by atoms with Gasteiger partial charge in [-0.05, 0) is 37.1 Å². The van der Waals surface area contributed by atoms with Gasteiger partial charge >= 0.3 is 29.8 Å². The van der Waals surface area contributed by atoms with Gasteiger partial charge in [0.05, 0.1) is 19.7 Å². The molecule has 1 aliphatic rings. The van der Waals surface area contributed by atoms with Crippen LogP contribution in [0.3, 0.4) is 0 Å². The highest BCUT2D eigenvalue weighted by Gasteiger charge is 2.57. The molecule has 47 heavy (non-hydrogen) atoms. The SMILES string of the molecule is COC(=O)[C@@]1(CC=O)C[C@H](OC(C)=O)[C@@H](NC(C)=O)[C@H]([C@H](OC(C)=O)[C@@H](CNC(=O)c2cc(C)c(OC(C)=O)c(C)c2)OC(C)=O)O1. The molecule has 1 aliphatic heterocycles. The first kappa shape index (κ1) is 38.3. The third-order valence-electron chi connectivity index (χ3n) is 7.05. The molecule has 0 spiro atoms. The highest BCUT2D eigenvalue weighted by molar-refractivity contribution is 5.95. The number of carbonyl (C=O) groups is 8. The van der Waals surface area contributed by atoms with Gasteiger partial charge in [-0.1, -0.05) is 0 Å². The molecule has 1 aromatic carbocycles. The summed E-state index contributed by atoms with van der Waals surface area (Å²) < 4.78 is 32.7. The molecule has 0 unspecified atom stereocenters. The van der Waals surface area contributed by atoms with Crippen molar-refractivity contribution in [2.75, 3.05) is 13.7 Å². The monoisotopic (exact) mass is 664 g/mol. The lowest BCUT2D eigenvalue weighted by molar-refractivity contribution is -0.239. The fourth-order valence-electron chi connectivity index (χ4n) is 5.39. The number of nitrogens with one attached hydrogen (secondary N) is 2. The second-order valence-electron chi connectivity index (χ2n) is 11.0. The number of methoxy groups -OCH3 is 1. The van der Waals surface area contributed by atoms with E-state index in [0.717, 1.165) is 34.8 Å². The summed E-state index contributed by atoms with van der Waals surface area (Å²) >= 11 is 0. The molecule has 2 rings (SSSR count). The highest BCUT2D eigenvalue weighted by Crippen LogP contribution is 2.37. The fourth-order valence-corrected chi connectivity index (χ4v) is 5.39. The molecule has 1 saturated heterocycles. The molecule has 0 bridgehead atoms. The van der Waals surface area contributed by atoms with Crippen LogP contribution in [-0.4, -0.2) is 97.7 Å². The van der Waals surface area contributed by atoms with Gasteiger partial charge in [-0.15, -0.1) is 0 Å². The summed E-state index contributed by atoms with van der Waals surface area (Å²) in [6.45, 7) is 8.33. The summed E-state index contributed by atoms with van der Waals surface area (Å²) in [5.41, 5.74) is -0.965. The Balaban J connectivity index is 2.64. The second kappa shape index (κ2) is 16.6. The van der Waals surface area contributed by atoms with E-state index >= 15 is 0 Å². The molecular formula is C31H40N2O14. The van der Waals surface area contributed by atoms with Gasteiger partial charge in [0.2, 0.25) is 5.91 Å². The number of aldehydes is 1. The van der Waals surface area contributed by atoms with Crippen molar-refractivity contribution in [3.05, 3.63) is 28.8 Å². The standard InChI is InChI=1S/C31H40N2O14/c1-15-11-22(12-16(2)26(15)45-20(6)38)29(40)32-14-24(44-19(5)37)27(46-21(7)39)28-25(33-17(3)35)23(43-18(4)36)13-31(47-28,9-10-34)30(41)42-8/h10-12,23-25,27-28H,9,13-14H2,1-8H3,(H,32,40)(H,33,35)/t23-,24+,25+,27+,28+,31+/m0/s1. The van der Waals surface area contributed by atoms with Crippen LogP contribution < -0.4 is 15.4 Å². The Hall–Kier alpha value is -4.86. The topological polar surface area (TPSA) is 216 Å². The van der Waals surface area contributed by atoms with E-state index in [9.17, 15) is 38.4 Å². The molecular weight excluding hydrogens is 624 g/mol. The van der Waals surface area contributed by atoms with Crippen LogP contribution in [0.4, 0.5) is 0 Å². The Bertz CT molecular complexity index is 1390. The van der Waals surface area contributed by atoms with E-state index in [0.29, 0.717) is 17.4 Å². The molecule has 258 valence electrons. The van der Waals surface area contributed by atoms with E-state index in [-0.39, 0.29) is 11.3 Å². The molecule has 0 radical (unpaired) electrons. The number of rotatable bonds is 13. The molecule has 1 heterocycles. The van der Waals surface area contributed by atoms with E-state index in [1.807, 2.05) is 0 Å². The van der Waals surface area contributed by atoms with Crippen LogP contribution in [0, 0.1) is 13.8 Å². The molecule has 1 fully saturated rings. The van der Waals surface area contributed by atoms with Crippen molar-refractivity contribution in [2.45, 2.75) is 97.4 Å². The lowest BCUT2D eigenvalue weighted by Crippen LogP contribution is -2.69. The van der Waals surface area contributed by atoms with Crippen molar-refractivity contribution >= 4 is 47.9 Å². The van der Waals surface area contributed by atoms with Gasteiger partial charge in [0, 0.05) is 53.0 Å². The van der Waals surface area contributed by atoms with E-state index in [1.54, 1.807) is 13.8 Å². The van der Waals surface area contributed by atoms with Crippen molar-refractivity contribution in [3.8, 4) is 5.75 Å². The number of hydrogen-bond donors (Lipinski definition) is 2. The number of carbonyl (C=O) groups excluding carboxylic acids is 8. The quantitative estimate of drug-likeness (QED) is 0.127. The summed E-state index contributed by atoms with van der Waals surface area (Å²) in [6, 6.07) is 1.62. The van der Waals surface area contributed by atoms with Crippen LogP contribution in [0.1, 0.15) is 68.9 Å². The summed E-state index contributed by atoms with van der Waals surface area (Å²) in [5.74, 6) is -5.18. The Morgan fingerprint density at radius 1 is 0.936 bits per heavy atom. The maximum atomic E-state index is 13.3. The predicted molar refractivity (Wildman–Crippen MR) is 159 cm³/mol. The van der Waals surface area contributed by atoms with E-state index < -0.39 is 97.1 Å². The molecule has 16 nitrogen and oxygen atoms in total. The molecule has 0 saturated carbocycles. The van der Waals surface area contributed by atoms with Gasteiger partial charge in [0.25, 0.3) is 5.91 Å². The van der Waals surface area contributed by atoms with Crippen molar-refractivity contribution in [1.82, 2.24) is 10.6 Å². The molecule has 16 heteroatoms. The zero-order valence-electron chi connectivity index (χ0n) is 27.5. The van der Waals surface area contributed by atoms with Crippen LogP contribution >= 0.6 is 0 Å². The average molecular weight is 665 g/mol. The van der Waals surface area contributed by atoms with Crippen molar-refractivity contribution in [1.29, 1.82) is 0 Å². The Morgan fingerprint density at radius 3 is 2.00 bits per heavy atom. The largest absolute Gasteiger partial charge is 0.467 e. The summed E-state index contributed by atoms with van der Waals surface area (Å²) in [4.78, 5) is 98.8. The van der Waals surface area contributed by atoms with Crippen molar-refractivity contribution in [2.24, 2.45) is 0 Å². The Morgan fingerprint density at radius 2 is 1.53 bits per heavy atom. The zero-order chi connectivity index (χ0) is 35.6. The third kappa shape index (κ3) is 10.3. The minimum atomic E-state index is -2.09. The fraction of sp³-hybridized carbons (Fsp3) is 0.548. The van der Waals surface area contributed by atoms with Crippen LogP contribution in [0.15, 0.2) is 12.1 Å². The summed E-state index contributed by atoms with van der Waals surface area (Å²) in [5, 5.41) is 5.17. The van der Waals surface area contributed by atoms with Gasteiger partial charge in [0.15, 0.2) is 17.8 Å². The normalized spacial score (nSPS) is 21.6. The summed E-state index contributed by atoms with van der Waals surface area (Å²) in [7, 11) is 1.04. The lowest BCUT2D eigenvalue weighted by Gasteiger charge is -2.48. The van der Waals surface area contributed by atoms with Crippen LogP contribution in [0.25, 0.3) is 0 Å². The number of amides is 2. The number of ether oxygens (including phenoxy) is 6. The highest BCUT2D eigenvalue weighted by atomic mass is 16.6. The lowest BCUT2D eigenvalue weighted by atomic mass is 9.81. The van der Waals surface area contributed by atoms with E-state index in [4.69, 9.17) is 28.4 Å². The molecule has 2 N–H and O–H groups in total. The van der Waals surface area contributed by atoms with Crippen LogP contribution in [0.2, 0.25) is 0 Å². The summed E-state index contributed by atoms with van der Waals surface area (Å²) in [6.07, 6.45) is -6.80. The number of benzene rings is 1. The Labute approximate surface area is 271 Å². The van der Waals surface area contributed by atoms with Gasteiger partial charge in [-0.3, -0.25) is 28.8 Å². The zero-order valence-corrected chi connectivity index (χ0v) is 27.5. The van der Waals surface area contributed by atoms with Crippen molar-refractivity contribution in [3.63, 3.8) is 0 Å². The maximum absolute atomic E-state index is 13.3. The molecule has 2 amide bonds. The molecule has 6 atom stereocenters. The van der Waals surface area contributed by atoms with Crippen LogP contribution in [-0.2, 0) is 57.2 Å². The average Bonchev–Trinajstić information content (AvgIpc) is 2.95. The third-order valence-corrected chi connectivity index (χ3v) is 7.05. The smallest absolute Gasteiger partial charge is 0.338 e. The van der Waals surface area contributed by atoms with Gasteiger partial charge < -0.3 is 43.8 Å². The van der Waals surface area contributed by atoms with Crippen LogP contribution in [0.5, 0.6) is 5.75 Å². The number of esters is 5. The van der Waals surface area contributed by atoms with Gasteiger partial charge in [-0.25, -0.2) is 4.79 Å². The van der Waals surface area contributed by atoms with E-state index in [1.165, 1.54) is 19.1 Å². The number of aryl methyl sites for hydroxylation is 2. The maximum Gasteiger partial charge on any atom is 0.338 e. The first-order valence-electron chi connectivity index (χ1n) is 14.5. The predicted octanol–water partition coefficient (Wildman–Crippen LogP) is 0.548. The van der Waals surface area contributed by atoms with Gasteiger partial charge in [-0.2, -0.15) is 0 Å². The second-order valence-corrected chi connectivity index (χ2v) is 11.0. The molecule has 0 aromatic heterocycles. The first-order chi connectivity index (χ1) is 21.9. The molecule has 0 aliphatic carbocycles. The van der Waals surface area contributed by atoms with Crippen molar-refractivity contribution < 1.29 is 66.8 Å². The minimum Gasteiger partial charge on any atom is -0.467 e. The van der Waals surface area contributed by atoms with E-state index in [2.05, 4.69) is 10.6 Å². The van der Waals surface area contributed by atoms with Gasteiger partial charge in [0.1, 0.15) is 24.2 Å². The first-order valence-corrected chi connectivity index (χ1v) is 14.5. The number of hydrogen-bond acceptors (Lipinski definition) is 14.